The topological polar surface area (TPSA) is 430 Å². The lowest BCUT2D eigenvalue weighted by molar-refractivity contribution is -0.136. The van der Waals surface area contributed by atoms with Crippen LogP contribution >= 0.6 is 0 Å². The van der Waals surface area contributed by atoms with E-state index in [4.69, 9.17) is 17.2 Å². The predicted octanol–water partition coefficient (Wildman–Crippen LogP) is -7.66. The number of carbonyl (C=O) groups excluding carboxylic acids is 10. The van der Waals surface area contributed by atoms with Gasteiger partial charge in [0.15, 0.2) is 0 Å². The summed E-state index contributed by atoms with van der Waals surface area (Å²) in [6.45, 7) is 2.88. The van der Waals surface area contributed by atoms with Crippen LogP contribution in [0.25, 0.3) is 0 Å². The monoisotopic (exact) mass is 976 g/mol. The van der Waals surface area contributed by atoms with Gasteiger partial charge in [0.2, 0.25) is 59.1 Å². The molecule has 2 saturated heterocycles. The molecular formula is C43H69N13O13. The zero-order valence-corrected chi connectivity index (χ0v) is 39.0. The largest absolute Gasteiger partial charge is 0.394 e. The van der Waals surface area contributed by atoms with E-state index in [2.05, 4.69) is 53.2 Å². The van der Waals surface area contributed by atoms with Crippen LogP contribution in [0.4, 0.5) is 0 Å². The third kappa shape index (κ3) is 17.9. The molecule has 0 spiro atoms. The molecule has 19 N–H and O–H groups in total. The first-order chi connectivity index (χ1) is 32.7. The van der Waals surface area contributed by atoms with Crippen LogP contribution < -0.4 is 70.4 Å². The minimum Gasteiger partial charge on any atom is -0.394 e. The minimum atomic E-state index is -1.72. The number of aliphatic hydroxyl groups excluding tert-OH is 3. The Labute approximate surface area is 398 Å². The first-order valence-corrected chi connectivity index (χ1v) is 22.8. The average Bonchev–Trinajstić information content (AvgIpc) is 3.64. The summed E-state index contributed by atoms with van der Waals surface area (Å²) in [6.07, 6.45) is -4.36. The van der Waals surface area contributed by atoms with Gasteiger partial charge in [0, 0.05) is 19.4 Å². The number of benzene rings is 1. The van der Waals surface area contributed by atoms with Crippen LogP contribution in [-0.4, -0.2) is 174 Å². The molecule has 0 unspecified atom stereocenters. The molecule has 0 saturated carbocycles. The van der Waals surface area contributed by atoms with E-state index in [0.717, 1.165) is 0 Å². The van der Waals surface area contributed by atoms with Crippen LogP contribution in [0.5, 0.6) is 0 Å². The second-order valence-corrected chi connectivity index (χ2v) is 17.3. The molecule has 3 rings (SSSR count). The van der Waals surface area contributed by atoms with Crippen LogP contribution in [0.1, 0.15) is 64.9 Å². The average molecular weight is 976 g/mol. The number of rotatable bonds is 16. The standard InChI is InChI=1S/C43H69N13O13/c1-21(2)17-28-38(64)50-24(9-13-44)34(60)49-26(11-15-46)37(63)56-33(22(3)58)43(69)47-16-12-27(51-41(67)31(20-57)55-40(66)30-19-32(59)42(68)54-30)36(62)48-25(10-14-45)35(61)53-29(39(65)52-28)18-23-7-5-4-6-8-23/h4-8,21-22,24-33,57-59H,9-20,44-46H2,1-3H3,(H,47,69)(H,48,62)(H,49,60)(H,50,64)(H,51,67)(H,52,65)(H,53,61)(H,54,68)(H,55,66)(H,56,63)/t22-,24+,25+,26+,27+,28+,29-,30+,31-,32-,33+/m1/s1. The molecule has 2 heterocycles. The lowest BCUT2D eigenvalue weighted by atomic mass is 10.00. The zero-order valence-electron chi connectivity index (χ0n) is 39.0. The Bertz CT molecular complexity index is 1960. The number of amides is 10. The Balaban J connectivity index is 2.09. The Morgan fingerprint density at radius 3 is 1.65 bits per heavy atom. The van der Waals surface area contributed by atoms with Gasteiger partial charge in [-0.1, -0.05) is 44.2 Å². The fraction of sp³-hybridized carbons (Fsp3) is 0.628. The van der Waals surface area contributed by atoms with Crippen molar-refractivity contribution in [3.05, 3.63) is 35.9 Å². The number of hydrogen-bond donors (Lipinski definition) is 16. The number of nitrogens with one attached hydrogen (secondary N) is 10. The van der Waals surface area contributed by atoms with Crippen LogP contribution in [0.2, 0.25) is 0 Å². The number of nitrogens with two attached hydrogens (primary N) is 3. The highest BCUT2D eigenvalue weighted by Crippen LogP contribution is 2.12. The molecule has 2 fully saturated rings. The molecule has 0 radical (unpaired) electrons. The van der Waals surface area contributed by atoms with Crippen molar-refractivity contribution in [1.82, 2.24) is 53.2 Å². The summed E-state index contributed by atoms with van der Waals surface area (Å²) in [6, 6.07) is -4.64. The molecule has 1 aromatic rings. The smallest absolute Gasteiger partial charge is 0.249 e. The number of carbonyl (C=O) groups is 10. The van der Waals surface area contributed by atoms with E-state index in [1.165, 1.54) is 6.92 Å². The maximum Gasteiger partial charge on any atom is 0.249 e. The molecule has 0 aromatic heterocycles. The maximum absolute atomic E-state index is 14.2. The van der Waals surface area contributed by atoms with Gasteiger partial charge >= 0.3 is 0 Å². The fourth-order valence-corrected chi connectivity index (χ4v) is 7.38. The Morgan fingerprint density at radius 1 is 0.667 bits per heavy atom. The van der Waals surface area contributed by atoms with Crippen molar-refractivity contribution < 1.29 is 63.3 Å². The highest BCUT2D eigenvalue weighted by molar-refractivity contribution is 5.99. The van der Waals surface area contributed by atoms with Crippen molar-refractivity contribution in [3.8, 4) is 0 Å². The van der Waals surface area contributed by atoms with Gasteiger partial charge < -0.3 is 85.7 Å². The highest BCUT2D eigenvalue weighted by atomic mass is 16.3. The van der Waals surface area contributed by atoms with Crippen molar-refractivity contribution in [2.45, 2.75) is 132 Å². The summed E-state index contributed by atoms with van der Waals surface area (Å²) in [4.78, 5) is 136. The SMILES string of the molecule is CC(C)C[C@@H]1NC(=O)[C@@H](Cc2ccccc2)NC(=O)[C@H](CCN)NC(=O)[C@@H](NC(=O)[C@@H](CO)NC(=O)[C@@H]2C[C@@H](O)C(=O)N2)CCNC(=O)[C@H]([C@@H](C)O)NC(=O)[C@H](CCN)NC(=O)[C@H](CCN)NC1=O. The van der Waals surface area contributed by atoms with Crippen LogP contribution in [-0.2, 0) is 54.4 Å². The molecule has 10 amide bonds. The molecule has 0 bridgehead atoms. The summed E-state index contributed by atoms with van der Waals surface area (Å²) in [5, 5.41) is 55.1. The molecule has 26 heteroatoms. The second-order valence-electron chi connectivity index (χ2n) is 17.3. The van der Waals surface area contributed by atoms with Crippen molar-refractivity contribution in [1.29, 1.82) is 0 Å². The van der Waals surface area contributed by atoms with E-state index >= 15 is 0 Å². The van der Waals surface area contributed by atoms with Crippen molar-refractivity contribution in [2.75, 3.05) is 32.8 Å². The van der Waals surface area contributed by atoms with E-state index < -0.39 is 145 Å². The van der Waals surface area contributed by atoms with Gasteiger partial charge in [0.05, 0.1) is 12.7 Å². The van der Waals surface area contributed by atoms with E-state index in [0.29, 0.717) is 5.56 Å². The van der Waals surface area contributed by atoms with Crippen LogP contribution in [0.3, 0.4) is 0 Å². The molecule has 2 aliphatic rings. The summed E-state index contributed by atoms with van der Waals surface area (Å²) in [5.41, 5.74) is 18.1. The van der Waals surface area contributed by atoms with Crippen molar-refractivity contribution in [2.24, 2.45) is 23.1 Å². The van der Waals surface area contributed by atoms with E-state index in [1.807, 2.05) is 0 Å². The summed E-state index contributed by atoms with van der Waals surface area (Å²) >= 11 is 0. The molecule has 69 heavy (non-hydrogen) atoms. The van der Waals surface area contributed by atoms with E-state index in [9.17, 15) is 63.3 Å². The lowest BCUT2D eigenvalue weighted by Crippen LogP contribution is -2.61. The Morgan fingerprint density at radius 2 is 1.16 bits per heavy atom. The Kier molecular flexibility index (Phi) is 23.3. The van der Waals surface area contributed by atoms with Gasteiger partial charge in [-0.05, 0) is 70.1 Å². The lowest BCUT2D eigenvalue weighted by Gasteiger charge is -2.28. The molecule has 26 nitrogen and oxygen atoms in total. The van der Waals surface area contributed by atoms with E-state index in [1.54, 1.807) is 44.2 Å². The summed E-state index contributed by atoms with van der Waals surface area (Å²) in [5.74, 6) is -9.44. The van der Waals surface area contributed by atoms with Crippen molar-refractivity contribution in [3.63, 3.8) is 0 Å². The Hall–Kier alpha value is -6.32. The van der Waals surface area contributed by atoms with Crippen LogP contribution in [0, 0.1) is 5.92 Å². The number of aliphatic hydroxyl groups is 3. The zero-order chi connectivity index (χ0) is 51.4. The third-order valence-electron chi connectivity index (χ3n) is 11.2. The van der Waals surface area contributed by atoms with Gasteiger partial charge in [-0.2, -0.15) is 0 Å². The maximum atomic E-state index is 14.2. The first kappa shape index (κ1) is 57.0. The first-order valence-electron chi connectivity index (χ1n) is 22.8. The quantitative estimate of drug-likeness (QED) is 0.0732. The van der Waals surface area contributed by atoms with Gasteiger partial charge in [-0.3, -0.25) is 47.9 Å². The molecular weight excluding hydrogens is 907 g/mol. The minimum absolute atomic E-state index is 0.0571. The van der Waals surface area contributed by atoms with E-state index in [-0.39, 0.29) is 64.1 Å². The molecule has 2 aliphatic heterocycles. The molecule has 1 aromatic carbocycles. The van der Waals surface area contributed by atoms with Crippen molar-refractivity contribution >= 4 is 59.1 Å². The highest BCUT2D eigenvalue weighted by Gasteiger charge is 2.38. The summed E-state index contributed by atoms with van der Waals surface area (Å²) < 4.78 is 0. The van der Waals surface area contributed by atoms with Gasteiger partial charge in [0.25, 0.3) is 0 Å². The van der Waals surface area contributed by atoms with Crippen LogP contribution in [0.15, 0.2) is 30.3 Å². The number of hydrogen-bond acceptors (Lipinski definition) is 16. The molecule has 384 valence electrons. The molecule has 11 atom stereocenters. The summed E-state index contributed by atoms with van der Waals surface area (Å²) in [7, 11) is 0. The fourth-order valence-electron chi connectivity index (χ4n) is 7.38. The predicted molar refractivity (Wildman–Crippen MR) is 245 cm³/mol. The van der Waals surface area contributed by atoms with Gasteiger partial charge in [-0.25, -0.2) is 0 Å². The van der Waals surface area contributed by atoms with Gasteiger partial charge in [-0.15, -0.1) is 0 Å². The molecule has 0 aliphatic carbocycles. The normalized spacial score (nSPS) is 27.0. The third-order valence-corrected chi connectivity index (χ3v) is 11.2. The second kappa shape index (κ2) is 28.2. The van der Waals surface area contributed by atoms with Gasteiger partial charge in [0.1, 0.15) is 60.5 Å².